The molecule has 1 saturated heterocycles. The third-order valence-corrected chi connectivity index (χ3v) is 2.86. The fourth-order valence-corrected chi connectivity index (χ4v) is 2.01. The van der Waals surface area contributed by atoms with Crippen molar-refractivity contribution in [2.24, 2.45) is 5.92 Å². The van der Waals surface area contributed by atoms with E-state index in [2.05, 4.69) is 6.58 Å². The van der Waals surface area contributed by atoms with Gasteiger partial charge >= 0.3 is 5.97 Å². The Balaban J connectivity index is 2.55. The zero-order valence-electron chi connectivity index (χ0n) is 8.98. The summed E-state index contributed by atoms with van der Waals surface area (Å²) in [5.41, 5.74) is 0. The van der Waals surface area contributed by atoms with Crippen LogP contribution in [-0.4, -0.2) is 34.5 Å². The van der Waals surface area contributed by atoms with Crippen LogP contribution < -0.4 is 0 Å². The van der Waals surface area contributed by atoms with Crippen molar-refractivity contribution < 1.29 is 14.7 Å². The third kappa shape index (κ3) is 2.81. The van der Waals surface area contributed by atoms with Crippen molar-refractivity contribution in [3.05, 3.63) is 12.7 Å². The molecule has 0 aromatic heterocycles. The Bertz CT molecular complexity index is 275. The minimum absolute atomic E-state index is 0.0206. The smallest absolute Gasteiger partial charge is 0.306 e. The number of aliphatic carboxylic acids is 1. The molecule has 15 heavy (non-hydrogen) atoms. The molecule has 0 aromatic rings. The number of piperidine rings is 1. The van der Waals surface area contributed by atoms with E-state index in [0.29, 0.717) is 25.8 Å². The Labute approximate surface area is 89.6 Å². The quantitative estimate of drug-likeness (QED) is 0.715. The van der Waals surface area contributed by atoms with Gasteiger partial charge in [-0.2, -0.15) is 0 Å². The van der Waals surface area contributed by atoms with E-state index < -0.39 is 5.97 Å². The largest absolute Gasteiger partial charge is 0.481 e. The number of amides is 1. The summed E-state index contributed by atoms with van der Waals surface area (Å²) < 4.78 is 0. The lowest BCUT2D eigenvalue weighted by molar-refractivity contribution is -0.147. The van der Waals surface area contributed by atoms with Gasteiger partial charge in [-0.3, -0.25) is 9.59 Å². The maximum atomic E-state index is 11.6. The van der Waals surface area contributed by atoms with Crippen LogP contribution in [0.1, 0.15) is 26.2 Å². The van der Waals surface area contributed by atoms with E-state index in [9.17, 15) is 9.59 Å². The van der Waals surface area contributed by atoms with Gasteiger partial charge in [0.2, 0.25) is 5.91 Å². The van der Waals surface area contributed by atoms with Gasteiger partial charge in [0.05, 0.1) is 5.92 Å². The molecular formula is C11H17NO3. The number of rotatable bonds is 3. The summed E-state index contributed by atoms with van der Waals surface area (Å²) in [5, 5.41) is 8.86. The van der Waals surface area contributed by atoms with Gasteiger partial charge in [0.25, 0.3) is 0 Å². The molecule has 1 heterocycles. The van der Waals surface area contributed by atoms with E-state index in [1.165, 1.54) is 0 Å². The summed E-state index contributed by atoms with van der Waals surface area (Å²) in [6.07, 6.45) is 3.03. The fourth-order valence-electron chi connectivity index (χ4n) is 2.01. The zero-order valence-corrected chi connectivity index (χ0v) is 8.98. The second kappa shape index (κ2) is 4.96. The predicted octanol–water partition coefficient (Wildman–Crippen LogP) is 1.27. The van der Waals surface area contributed by atoms with Crippen molar-refractivity contribution in [1.29, 1.82) is 0 Å². The SMILES string of the molecule is C=CCC(=O)N1CCC(C(=O)O)CC1C. The summed E-state index contributed by atoms with van der Waals surface area (Å²) in [6, 6.07) is 0.0206. The molecule has 1 aliphatic rings. The lowest BCUT2D eigenvalue weighted by atomic mass is 9.91. The van der Waals surface area contributed by atoms with Crippen LogP contribution in [0.3, 0.4) is 0 Å². The van der Waals surface area contributed by atoms with Crippen molar-refractivity contribution in [3.8, 4) is 0 Å². The minimum atomic E-state index is -0.752. The summed E-state index contributed by atoms with van der Waals surface area (Å²) in [7, 11) is 0. The van der Waals surface area contributed by atoms with E-state index >= 15 is 0 Å². The van der Waals surface area contributed by atoms with Gasteiger partial charge in [0.15, 0.2) is 0 Å². The number of carboxylic acids is 1. The van der Waals surface area contributed by atoms with Crippen LogP contribution in [0.25, 0.3) is 0 Å². The number of likely N-dealkylation sites (tertiary alicyclic amines) is 1. The van der Waals surface area contributed by atoms with Crippen LogP contribution in [0, 0.1) is 5.92 Å². The maximum absolute atomic E-state index is 11.6. The van der Waals surface area contributed by atoms with Crippen LogP contribution in [-0.2, 0) is 9.59 Å². The van der Waals surface area contributed by atoms with Crippen molar-refractivity contribution in [3.63, 3.8) is 0 Å². The molecule has 84 valence electrons. The first-order valence-electron chi connectivity index (χ1n) is 5.19. The highest BCUT2D eigenvalue weighted by molar-refractivity contribution is 5.78. The van der Waals surface area contributed by atoms with Gasteiger partial charge in [-0.05, 0) is 19.8 Å². The van der Waals surface area contributed by atoms with E-state index in [1.54, 1.807) is 11.0 Å². The van der Waals surface area contributed by atoms with E-state index in [4.69, 9.17) is 5.11 Å². The molecule has 4 heteroatoms. The zero-order chi connectivity index (χ0) is 11.4. The Hall–Kier alpha value is -1.32. The highest BCUT2D eigenvalue weighted by atomic mass is 16.4. The molecule has 1 amide bonds. The average molecular weight is 211 g/mol. The standard InChI is InChI=1S/C11H17NO3/c1-3-4-10(13)12-6-5-9(11(14)15)7-8(12)2/h3,8-9H,1,4-7H2,2H3,(H,14,15). The number of hydrogen-bond acceptors (Lipinski definition) is 2. The molecule has 1 N–H and O–H groups in total. The first kappa shape index (κ1) is 11.8. The molecule has 0 bridgehead atoms. The lowest BCUT2D eigenvalue weighted by Gasteiger charge is -2.36. The van der Waals surface area contributed by atoms with Crippen LogP contribution in [0.15, 0.2) is 12.7 Å². The van der Waals surface area contributed by atoms with Gasteiger partial charge in [-0.25, -0.2) is 0 Å². The normalized spacial score (nSPS) is 26.1. The molecule has 2 unspecified atom stereocenters. The molecule has 1 rings (SSSR count). The van der Waals surface area contributed by atoms with E-state index in [1.807, 2.05) is 6.92 Å². The number of hydrogen-bond donors (Lipinski definition) is 1. The summed E-state index contributed by atoms with van der Waals surface area (Å²) in [5.74, 6) is -1.01. The fraction of sp³-hybridized carbons (Fsp3) is 0.636. The van der Waals surface area contributed by atoms with Gasteiger partial charge < -0.3 is 10.0 Å². The van der Waals surface area contributed by atoms with Crippen molar-refractivity contribution in [2.45, 2.75) is 32.2 Å². The molecular weight excluding hydrogens is 194 g/mol. The number of carbonyl (C=O) groups is 2. The molecule has 1 aliphatic heterocycles. The number of carbonyl (C=O) groups excluding carboxylic acids is 1. The van der Waals surface area contributed by atoms with Crippen molar-refractivity contribution >= 4 is 11.9 Å². The Morgan fingerprint density at radius 2 is 2.27 bits per heavy atom. The highest BCUT2D eigenvalue weighted by Crippen LogP contribution is 2.23. The van der Waals surface area contributed by atoms with Gasteiger partial charge in [0.1, 0.15) is 0 Å². The Kier molecular flexibility index (Phi) is 3.88. The molecule has 4 nitrogen and oxygen atoms in total. The van der Waals surface area contributed by atoms with Crippen molar-refractivity contribution in [1.82, 2.24) is 4.90 Å². The molecule has 1 fully saturated rings. The average Bonchev–Trinajstić information content (AvgIpc) is 2.17. The Morgan fingerprint density at radius 3 is 2.73 bits per heavy atom. The summed E-state index contributed by atoms with van der Waals surface area (Å²) in [4.78, 5) is 24.1. The number of nitrogens with zero attached hydrogens (tertiary/aromatic N) is 1. The van der Waals surface area contributed by atoms with Gasteiger partial charge in [-0.15, -0.1) is 6.58 Å². The molecule has 2 atom stereocenters. The van der Waals surface area contributed by atoms with Crippen LogP contribution in [0.2, 0.25) is 0 Å². The molecule has 0 saturated carbocycles. The summed E-state index contributed by atoms with van der Waals surface area (Å²) >= 11 is 0. The van der Waals surface area contributed by atoms with Crippen LogP contribution in [0.4, 0.5) is 0 Å². The first-order valence-corrected chi connectivity index (χ1v) is 5.19. The monoisotopic (exact) mass is 211 g/mol. The lowest BCUT2D eigenvalue weighted by Crippen LogP contribution is -2.45. The van der Waals surface area contributed by atoms with E-state index in [0.717, 1.165) is 0 Å². The van der Waals surface area contributed by atoms with Crippen LogP contribution in [0.5, 0.6) is 0 Å². The second-order valence-electron chi connectivity index (χ2n) is 3.99. The third-order valence-electron chi connectivity index (χ3n) is 2.86. The highest BCUT2D eigenvalue weighted by Gasteiger charge is 2.31. The van der Waals surface area contributed by atoms with Crippen LogP contribution >= 0.6 is 0 Å². The molecule has 0 aliphatic carbocycles. The second-order valence-corrected chi connectivity index (χ2v) is 3.99. The maximum Gasteiger partial charge on any atom is 0.306 e. The molecule has 0 radical (unpaired) electrons. The van der Waals surface area contributed by atoms with Gasteiger partial charge in [0, 0.05) is 19.0 Å². The van der Waals surface area contributed by atoms with Crippen molar-refractivity contribution in [2.75, 3.05) is 6.54 Å². The van der Waals surface area contributed by atoms with Gasteiger partial charge in [-0.1, -0.05) is 6.08 Å². The predicted molar refractivity (Wildman–Crippen MR) is 56.3 cm³/mol. The minimum Gasteiger partial charge on any atom is -0.481 e. The van der Waals surface area contributed by atoms with E-state index in [-0.39, 0.29) is 17.9 Å². The first-order chi connectivity index (χ1) is 7.06. The molecule has 0 aromatic carbocycles. The Morgan fingerprint density at radius 1 is 1.60 bits per heavy atom. The molecule has 0 spiro atoms. The summed E-state index contributed by atoms with van der Waals surface area (Å²) in [6.45, 7) is 5.97. The topological polar surface area (TPSA) is 57.6 Å². The number of carboxylic acid groups (broad SMARTS) is 1.